The molecule has 0 amide bonds. The van der Waals surface area contributed by atoms with E-state index in [4.69, 9.17) is 23.8 Å². The number of hydrogen-bond acceptors (Lipinski definition) is 5. The maximum Gasteiger partial charge on any atom is 0.495 e. The van der Waals surface area contributed by atoms with E-state index < -0.39 is 7.12 Å². The second-order valence-electron chi connectivity index (χ2n) is 9.38. The Balaban J connectivity index is 1.94. The van der Waals surface area contributed by atoms with Gasteiger partial charge in [-0.15, -0.1) is 0 Å². The highest BCUT2D eigenvalue weighted by atomic mass is 16.7. The van der Waals surface area contributed by atoms with E-state index in [1.807, 2.05) is 26.8 Å². The van der Waals surface area contributed by atoms with Crippen LogP contribution in [0, 0.1) is 0 Å². The van der Waals surface area contributed by atoms with Gasteiger partial charge in [0.05, 0.1) is 17.8 Å². The Morgan fingerprint density at radius 3 is 2.31 bits per heavy atom. The number of aromatic nitrogens is 1. The van der Waals surface area contributed by atoms with Crippen LogP contribution in [-0.4, -0.2) is 42.1 Å². The topological polar surface area (TPSA) is 49.8 Å². The van der Waals surface area contributed by atoms with Gasteiger partial charge in [0.15, 0.2) is 0 Å². The number of nitrogens with zero attached hydrogens (tertiary/aromatic N) is 1. The van der Waals surface area contributed by atoms with Gasteiger partial charge in [0.2, 0.25) is 5.88 Å². The molecule has 1 unspecified atom stereocenters. The summed E-state index contributed by atoms with van der Waals surface area (Å²) in [6.45, 7) is 15.9. The molecule has 6 heteroatoms. The Hall–Kier alpha value is -1.11. The third kappa shape index (κ3) is 4.24. The highest BCUT2D eigenvalue weighted by Gasteiger charge is 2.52. The van der Waals surface area contributed by atoms with Crippen LogP contribution in [0.25, 0.3) is 0 Å². The number of rotatable bonds is 3. The summed E-state index contributed by atoms with van der Waals surface area (Å²) < 4.78 is 24.2. The fraction of sp³-hybridized carbons (Fsp3) is 0.750. The van der Waals surface area contributed by atoms with E-state index in [1.54, 1.807) is 0 Å². The van der Waals surface area contributed by atoms with Crippen LogP contribution in [0.1, 0.15) is 72.9 Å². The monoisotopic (exact) mass is 361 g/mol. The number of ether oxygens (including phenoxy) is 2. The molecule has 2 aliphatic rings. The van der Waals surface area contributed by atoms with Gasteiger partial charge in [-0.25, -0.2) is 4.98 Å². The molecule has 26 heavy (non-hydrogen) atoms. The van der Waals surface area contributed by atoms with Gasteiger partial charge in [-0.2, -0.15) is 0 Å². The summed E-state index contributed by atoms with van der Waals surface area (Å²) in [7, 11) is -0.423. The molecule has 0 spiro atoms. The second kappa shape index (κ2) is 6.81. The molecule has 0 aliphatic carbocycles. The lowest BCUT2D eigenvalue weighted by molar-refractivity contribution is 0.00578. The van der Waals surface area contributed by atoms with Gasteiger partial charge in [-0.1, -0.05) is 0 Å². The van der Waals surface area contributed by atoms with E-state index >= 15 is 0 Å². The SMILES string of the molecule is CC(C)(C)Oc1cc(B2OC(C)(C)C(C)(C)O2)cc(C2CCCOC2)n1. The first kappa shape index (κ1) is 19.7. The van der Waals surface area contributed by atoms with Crippen LogP contribution in [0.5, 0.6) is 5.88 Å². The molecule has 3 heterocycles. The van der Waals surface area contributed by atoms with Crippen LogP contribution in [0.15, 0.2) is 12.1 Å². The summed E-state index contributed by atoms with van der Waals surface area (Å²) >= 11 is 0. The second-order valence-corrected chi connectivity index (χ2v) is 9.38. The van der Waals surface area contributed by atoms with Crippen LogP contribution in [0.3, 0.4) is 0 Å². The smallest absolute Gasteiger partial charge is 0.472 e. The van der Waals surface area contributed by atoms with Crippen LogP contribution in [0.2, 0.25) is 0 Å². The van der Waals surface area contributed by atoms with Gasteiger partial charge >= 0.3 is 7.12 Å². The Morgan fingerprint density at radius 1 is 1.12 bits per heavy atom. The zero-order chi connectivity index (χ0) is 19.2. The van der Waals surface area contributed by atoms with E-state index in [1.165, 1.54) is 0 Å². The molecular formula is C20H32BNO4. The standard InChI is InChI=1S/C20H32BNO4/c1-18(2,3)24-17-12-15(21-25-19(4,5)20(6,7)26-21)11-16(22-17)14-9-8-10-23-13-14/h11-12,14H,8-10,13H2,1-7H3. The first-order valence-electron chi connectivity index (χ1n) is 9.61. The van der Waals surface area contributed by atoms with E-state index in [-0.39, 0.29) is 22.7 Å². The van der Waals surface area contributed by atoms with Crippen LogP contribution >= 0.6 is 0 Å². The van der Waals surface area contributed by atoms with Crippen LogP contribution in [0.4, 0.5) is 0 Å². The molecule has 2 fully saturated rings. The Kier molecular flexibility index (Phi) is 5.14. The summed E-state index contributed by atoms with van der Waals surface area (Å²) in [5.41, 5.74) is 0.886. The summed E-state index contributed by atoms with van der Waals surface area (Å²) in [6.07, 6.45) is 2.14. The molecule has 0 N–H and O–H groups in total. The molecular weight excluding hydrogens is 329 g/mol. The lowest BCUT2D eigenvalue weighted by Gasteiger charge is -2.32. The lowest BCUT2D eigenvalue weighted by atomic mass is 9.78. The van der Waals surface area contributed by atoms with Crippen molar-refractivity contribution in [3.05, 3.63) is 17.8 Å². The summed E-state index contributed by atoms with van der Waals surface area (Å²) in [4.78, 5) is 4.77. The van der Waals surface area contributed by atoms with E-state index in [0.29, 0.717) is 12.5 Å². The van der Waals surface area contributed by atoms with Gasteiger partial charge in [0.25, 0.3) is 0 Å². The molecule has 3 rings (SSSR count). The number of hydrogen-bond donors (Lipinski definition) is 0. The van der Waals surface area contributed by atoms with Crippen molar-refractivity contribution in [3.63, 3.8) is 0 Å². The Bertz CT molecular complexity index is 632. The van der Waals surface area contributed by atoms with Gasteiger partial charge in [0, 0.05) is 24.3 Å². The third-order valence-electron chi connectivity index (χ3n) is 5.36. The molecule has 1 atom stereocenters. The van der Waals surface area contributed by atoms with Crippen molar-refractivity contribution >= 4 is 12.6 Å². The molecule has 0 bridgehead atoms. The fourth-order valence-corrected chi connectivity index (χ4v) is 3.21. The molecule has 1 aromatic rings. The lowest BCUT2D eigenvalue weighted by Crippen LogP contribution is -2.41. The highest BCUT2D eigenvalue weighted by Crippen LogP contribution is 2.37. The average molecular weight is 361 g/mol. The van der Waals surface area contributed by atoms with Crippen LogP contribution in [-0.2, 0) is 14.0 Å². The maximum atomic E-state index is 6.24. The molecule has 5 nitrogen and oxygen atoms in total. The minimum Gasteiger partial charge on any atom is -0.472 e. The summed E-state index contributed by atoms with van der Waals surface area (Å²) in [5.74, 6) is 0.902. The fourth-order valence-electron chi connectivity index (χ4n) is 3.21. The summed E-state index contributed by atoms with van der Waals surface area (Å²) in [5, 5.41) is 0. The predicted octanol–water partition coefficient (Wildman–Crippen LogP) is 3.45. The minimum atomic E-state index is -0.423. The summed E-state index contributed by atoms with van der Waals surface area (Å²) in [6, 6.07) is 4.04. The van der Waals surface area contributed by atoms with Crippen molar-refractivity contribution in [3.8, 4) is 5.88 Å². The van der Waals surface area contributed by atoms with Crippen molar-refractivity contribution in [2.75, 3.05) is 13.2 Å². The molecule has 0 saturated carbocycles. The minimum absolute atomic E-state index is 0.286. The molecule has 144 valence electrons. The van der Waals surface area contributed by atoms with Gasteiger partial charge < -0.3 is 18.8 Å². The normalized spacial score (nSPS) is 25.3. The predicted molar refractivity (Wildman–Crippen MR) is 103 cm³/mol. The van der Waals surface area contributed by atoms with Crippen molar-refractivity contribution in [1.29, 1.82) is 0 Å². The molecule has 1 aromatic heterocycles. The average Bonchev–Trinajstić information content (AvgIpc) is 2.74. The third-order valence-corrected chi connectivity index (χ3v) is 5.36. The van der Waals surface area contributed by atoms with Gasteiger partial charge in [-0.3, -0.25) is 0 Å². The largest absolute Gasteiger partial charge is 0.495 e. The van der Waals surface area contributed by atoms with E-state index in [2.05, 4.69) is 33.8 Å². The first-order valence-corrected chi connectivity index (χ1v) is 9.61. The molecule has 0 aromatic carbocycles. The maximum absolute atomic E-state index is 6.24. The molecule has 0 radical (unpaired) electrons. The number of pyridine rings is 1. The van der Waals surface area contributed by atoms with E-state index in [0.717, 1.165) is 30.6 Å². The van der Waals surface area contributed by atoms with Crippen molar-refractivity contribution < 1.29 is 18.8 Å². The zero-order valence-corrected chi connectivity index (χ0v) is 17.2. The van der Waals surface area contributed by atoms with Crippen LogP contribution < -0.4 is 10.2 Å². The van der Waals surface area contributed by atoms with Crippen molar-refractivity contribution in [2.45, 2.75) is 84.0 Å². The van der Waals surface area contributed by atoms with Gasteiger partial charge in [0.1, 0.15) is 5.60 Å². The van der Waals surface area contributed by atoms with E-state index in [9.17, 15) is 0 Å². The van der Waals surface area contributed by atoms with Crippen molar-refractivity contribution in [2.24, 2.45) is 0 Å². The molecule has 2 aliphatic heterocycles. The zero-order valence-electron chi connectivity index (χ0n) is 17.2. The first-order chi connectivity index (χ1) is 12.0. The Morgan fingerprint density at radius 2 is 1.77 bits per heavy atom. The Labute approximate surface area is 157 Å². The van der Waals surface area contributed by atoms with Crippen molar-refractivity contribution in [1.82, 2.24) is 4.98 Å². The highest BCUT2D eigenvalue weighted by molar-refractivity contribution is 6.62. The molecule has 2 saturated heterocycles. The quantitative estimate of drug-likeness (QED) is 0.772. The van der Waals surface area contributed by atoms with Gasteiger partial charge in [-0.05, 0) is 72.8 Å².